The Morgan fingerprint density at radius 1 is 1.38 bits per heavy atom. The number of hydrogen-bond donors (Lipinski definition) is 0. The van der Waals surface area contributed by atoms with Crippen molar-refractivity contribution >= 4 is 11.9 Å². The molecule has 7 heteroatoms. The number of esters is 2. The summed E-state index contributed by atoms with van der Waals surface area (Å²) in [6.07, 6.45) is 0. The lowest BCUT2D eigenvalue weighted by Gasteiger charge is -2.00. The van der Waals surface area contributed by atoms with Gasteiger partial charge in [0.1, 0.15) is 0 Å². The van der Waals surface area contributed by atoms with Gasteiger partial charge >= 0.3 is 17.8 Å². The van der Waals surface area contributed by atoms with E-state index in [1.54, 1.807) is 0 Å². The number of rotatable bonds is 3. The third kappa shape index (κ3) is 2.13. The van der Waals surface area contributed by atoms with E-state index in [1.807, 2.05) is 0 Å². The molecule has 0 radical (unpaired) electrons. The first kappa shape index (κ1) is 12.0. The molecular weight excluding hydrogens is 218 g/mol. The standard InChI is InChI=1S/C9H11NO6/c1-5-10(4-6(11)14-2)8(12)7(16-5)9(13)15-3/h4H2,1-3H3. The number of methoxy groups -OCH3 is 2. The smallest absolute Gasteiger partial charge is 0.379 e. The summed E-state index contributed by atoms with van der Waals surface area (Å²) in [6.45, 7) is 1.15. The first-order valence-electron chi connectivity index (χ1n) is 4.36. The minimum atomic E-state index is -0.878. The van der Waals surface area contributed by atoms with E-state index in [1.165, 1.54) is 14.0 Å². The van der Waals surface area contributed by atoms with Crippen LogP contribution in [0.5, 0.6) is 5.88 Å². The number of aromatic nitrogens is 1. The van der Waals surface area contributed by atoms with Crippen LogP contribution in [0, 0.1) is 6.92 Å². The molecule has 88 valence electrons. The molecule has 1 aromatic rings. The Kier molecular flexibility index (Phi) is 3.49. The minimum absolute atomic E-state index is 0.135. The molecule has 1 rings (SSSR count). The van der Waals surface area contributed by atoms with Gasteiger partial charge < -0.3 is 19.0 Å². The third-order valence-corrected chi connectivity index (χ3v) is 1.95. The van der Waals surface area contributed by atoms with Gasteiger partial charge in [-0.25, -0.2) is 9.59 Å². The van der Waals surface area contributed by atoms with Crippen molar-refractivity contribution in [1.29, 1.82) is 0 Å². The van der Waals surface area contributed by atoms with Gasteiger partial charge in [0.2, 0.25) is 12.4 Å². The van der Waals surface area contributed by atoms with E-state index in [4.69, 9.17) is 4.42 Å². The highest BCUT2D eigenvalue weighted by Crippen LogP contribution is 2.13. The Labute approximate surface area is 91.2 Å². The Morgan fingerprint density at radius 2 is 2.00 bits per heavy atom. The van der Waals surface area contributed by atoms with Gasteiger partial charge in [-0.05, 0) is 0 Å². The van der Waals surface area contributed by atoms with Crippen molar-refractivity contribution in [2.24, 2.45) is 0 Å². The van der Waals surface area contributed by atoms with Crippen molar-refractivity contribution in [2.45, 2.75) is 13.5 Å². The molecule has 0 saturated carbocycles. The molecule has 0 unspecified atom stereocenters. The van der Waals surface area contributed by atoms with Gasteiger partial charge in [-0.3, -0.25) is 0 Å². The fourth-order valence-electron chi connectivity index (χ4n) is 1.11. The average molecular weight is 229 g/mol. The highest BCUT2D eigenvalue weighted by molar-refractivity contribution is 5.87. The second kappa shape index (κ2) is 4.65. The van der Waals surface area contributed by atoms with Gasteiger partial charge in [-0.1, -0.05) is 0 Å². The molecule has 0 atom stereocenters. The summed E-state index contributed by atoms with van der Waals surface area (Å²) in [4.78, 5) is 22.1. The van der Waals surface area contributed by atoms with Gasteiger partial charge in [0.15, 0.2) is 0 Å². The van der Waals surface area contributed by atoms with Crippen LogP contribution in [-0.2, 0) is 20.8 Å². The lowest BCUT2D eigenvalue weighted by molar-refractivity contribution is -0.732. The van der Waals surface area contributed by atoms with Crippen LogP contribution in [0.3, 0.4) is 0 Å². The predicted molar refractivity (Wildman–Crippen MR) is 46.4 cm³/mol. The van der Waals surface area contributed by atoms with Crippen molar-refractivity contribution in [1.82, 2.24) is 0 Å². The number of nitrogens with zero attached hydrogens (tertiary/aromatic N) is 1. The molecule has 7 nitrogen and oxygen atoms in total. The number of ether oxygens (including phenoxy) is 2. The summed E-state index contributed by atoms with van der Waals surface area (Å²) in [5, 5.41) is 11.6. The van der Waals surface area contributed by atoms with Gasteiger partial charge in [-0.15, -0.1) is 0 Å². The van der Waals surface area contributed by atoms with Crippen LogP contribution >= 0.6 is 0 Å². The first-order valence-corrected chi connectivity index (χ1v) is 4.36. The Bertz CT molecular complexity index is 422. The molecule has 0 amide bonds. The Balaban J connectivity index is 3.07. The second-order valence-corrected chi connectivity index (χ2v) is 2.91. The van der Waals surface area contributed by atoms with Crippen LogP contribution < -0.4 is 9.67 Å². The van der Waals surface area contributed by atoms with Crippen molar-refractivity contribution in [3.05, 3.63) is 11.7 Å². The Morgan fingerprint density at radius 3 is 2.50 bits per heavy atom. The SMILES string of the molecule is COC(=O)C[n+]1c(C)oc(C(=O)OC)c1[O-]. The Hall–Kier alpha value is -2.05. The van der Waals surface area contributed by atoms with E-state index < -0.39 is 23.6 Å². The molecule has 0 fully saturated rings. The van der Waals surface area contributed by atoms with Crippen LogP contribution in [0.2, 0.25) is 0 Å². The fourth-order valence-corrected chi connectivity index (χ4v) is 1.11. The van der Waals surface area contributed by atoms with Crippen LogP contribution in [0.25, 0.3) is 0 Å². The molecule has 0 bridgehead atoms. The minimum Gasteiger partial charge on any atom is -0.820 e. The molecule has 0 saturated heterocycles. The van der Waals surface area contributed by atoms with Crippen molar-refractivity contribution < 1.29 is 33.2 Å². The number of oxazole rings is 1. The zero-order valence-corrected chi connectivity index (χ0v) is 9.10. The molecule has 0 aliphatic rings. The van der Waals surface area contributed by atoms with E-state index >= 15 is 0 Å². The number of carbonyl (C=O) groups excluding carboxylic acids is 2. The molecule has 0 aliphatic carbocycles. The largest absolute Gasteiger partial charge is 0.820 e. The molecule has 16 heavy (non-hydrogen) atoms. The van der Waals surface area contributed by atoms with E-state index in [0.717, 1.165) is 11.7 Å². The van der Waals surface area contributed by atoms with Gasteiger partial charge in [0.05, 0.1) is 21.1 Å². The van der Waals surface area contributed by atoms with Gasteiger partial charge in [0, 0.05) is 0 Å². The van der Waals surface area contributed by atoms with E-state index in [2.05, 4.69) is 9.47 Å². The first-order chi connectivity index (χ1) is 7.51. The van der Waals surface area contributed by atoms with Crippen LogP contribution in [0.1, 0.15) is 16.4 Å². The van der Waals surface area contributed by atoms with Gasteiger partial charge in [0.25, 0.3) is 5.76 Å². The number of aryl methyl sites for hydroxylation is 1. The van der Waals surface area contributed by atoms with E-state index in [0.29, 0.717) is 0 Å². The second-order valence-electron chi connectivity index (χ2n) is 2.91. The van der Waals surface area contributed by atoms with Crippen molar-refractivity contribution in [3.8, 4) is 5.88 Å². The number of carbonyl (C=O) groups is 2. The summed E-state index contributed by atoms with van der Waals surface area (Å²) in [5.74, 6) is -2.52. The quantitative estimate of drug-likeness (QED) is 0.483. The summed E-state index contributed by atoms with van der Waals surface area (Å²) in [7, 11) is 2.33. The van der Waals surface area contributed by atoms with Crippen LogP contribution in [0.4, 0.5) is 0 Å². The highest BCUT2D eigenvalue weighted by atomic mass is 16.5. The van der Waals surface area contributed by atoms with Gasteiger partial charge in [-0.2, -0.15) is 4.57 Å². The molecular formula is C9H11NO6. The maximum absolute atomic E-state index is 11.6. The zero-order chi connectivity index (χ0) is 12.3. The van der Waals surface area contributed by atoms with E-state index in [9.17, 15) is 14.7 Å². The zero-order valence-electron chi connectivity index (χ0n) is 9.10. The van der Waals surface area contributed by atoms with E-state index in [-0.39, 0.29) is 12.4 Å². The summed E-state index contributed by atoms with van der Waals surface area (Å²) in [5.41, 5.74) is 0. The summed E-state index contributed by atoms with van der Waals surface area (Å²) < 4.78 is 14.7. The van der Waals surface area contributed by atoms with Crippen LogP contribution in [-0.4, -0.2) is 26.2 Å². The monoisotopic (exact) mass is 229 g/mol. The molecule has 1 heterocycles. The van der Waals surface area contributed by atoms with Crippen molar-refractivity contribution in [3.63, 3.8) is 0 Å². The predicted octanol–water partition coefficient (Wildman–Crippen LogP) is -1.09. The summed E-state index contributed by atoms with van der Waals surface area (Å²) in [6, 6.07) is 0. The highest BCUT2D eigenvalue weighted by Gasteiger charge is 2.26. The van der Waals surface area contributed by atoms with Crippen molar-refractivity contribution in [2.75, 3.05) is 14.2 Å². The lowest BCUT2D eigenvalue weighted by Crippen LogP contribution is -2.42. The fraction of sp³-hybridized carbons (Fsp3) is 0.444. The number of hydrogen-bond acceptors (Lipinski definition) is 6. The summed E-state index contributed by atoms with van der Waals surface area (Å²) >= 11 is 0. The molecule has 0 aromatic carbocycles. The molecule has 1 aromatic heterocycles. The topological polar surface area (TPSA) is 92.7 Å². The maximum atomic E-state index is 11.6. The molecule has 0 spiro atoms. The maximum Gasteiger partial charge on any atom is 0.379 e. The average Bonchev–Trinajstić information content (AvgIpc) is 2.55. The molecule has 0 aliphatic heterocycles. The lowest BCUT2D eigenvalue weighted by atomic mass is 10.5. The normalized spacial score (nSPS) is 9.94. The molecule has 0 N–H and O–H groups in total. The third-order valence-electron chi connectivity index (χ3n) is 1.95. The van der Waals surface area contributed by atoms with Crippen LogP contribution in [0.15, 0.2) is 4.42 Å².